The van der Waals surface area contributed by atoms with E-state index in [1.807, 2.05) is 0 Å². The van der Waals surface area contributed by atoms with Crippen molar-refractivity contribution in [3.05, 3.63) is 161 Å². The van der Waals surface area contributed by atoms with Crippen LogP contribution in [0.25, 0.3) is 49.7 Å². The van der Waals surface area contributed by atoms with Crippen LogP contribution in [0.1, 0.15) is 129 Å². The van der Waals surface area contributed by atoms with E-state index in [4.69, 9.17) is 4.42 Å². The van der Waals surface area contributed by atoms with Crippen molar-refractivity contribution < 1.29 is 4.42 Å². The summed E-state index contributed by atoms with van der Waals surface area (Å²) in [6.07, 6.45) is 6.20. The van der Waals surface area contributed by atoms with Crippen molar-refractivity contribution in [2.75, 3.05) is 16.3 Å². The first-order valence-corrected chi connectivity index (χ1v) is 25.8. The molecule has 13 rings (SSSR count). The highest BCUT2D eigenvalue weighted by atomic mass is 16.3. The number of hydrogen-bond donors (Lipinski definition) is 0. The minimum absolute atomic E-state index is 0.00797. The van der Waals surface area contributed by atoms with Gasteiger partial charge in [0.05, 0.1) is 5.69 Å². The fraction of sp³-hybridized carbons (Fsp3) is 0.312. The molecular formula is C64H64BN3O. The van der Waals surface area contributed by atoms with E-state index in [9.17, 15) is 0 Å². The number of furan rings is 1. The quantitative estimate of drug-likeness (QED) is 0.118. The SMILES string of the molecule is CCCCCCC1(C)CN(c2cc3c4c(c2)-n2c5c(c6cccc(c62)B4c2ccc(C(C)(C)C)cc2N3c2cccc3c2oc2ccccc23)-c2ccccc2C5(C)C)c2ccc(C(C)(C)C)cc21. The minimum Gasteiger partial charge on any atom is -0.454 e. The van der Waals surface area contributed by atoms with E-state index in [0.29, 0.717) is 0 Å². The molecule has 1 aliphatic carbocycles. The molecule has 5 heteroatoms. The van der Waals surface area contributed by atoms with Crippen LogP contribution in [0.15, 0.2) is 138 Å². The first-order chi connectivity index (χ1) is 33.1. The summed E-state index contributed by atoms with van der Waals surface area (Å²) in [7, 11) is 0. The van der Waals surface area contributed by atoms with E-state index < -0.39 is 0 Å². The molecule has 1 atom stereocenters. The van der Waals surface area contributed by atoms with Crippen LogP contribution in [0, 0.1) is 0 Å². The number of anilines is 5. The van der Waals surface area contributed by atoms with Crippen LogP contribution in [-0.4, -0.2) is 17.8 Å². The Morgan fingerprint density at radius 1 is 0.594 bits per heavy atom. The Bertz CT molecular complexity index is 3630. The molecule has 7 aromatic carbocycles. The Morgan fingerprint density at radius 2 is 1.30 bits per heavy atom. The number of para-hydroxylation sites is 3. The lowest BCUT2D eigenvalue weighted by Crippen LogP contribution is -2.60. The monoisotopic (exact) mass is 902 g/mol. The maximum atomic E-state index is 7.02. The van der Waals surface area contributed by atoms with Gasteiger partial charge in [0, 0.05) is 78.7 Å². The first-order valence-electron chi connectivity index (χ1n) is 25.8. The third-order valence-electron chi connectivity index (χ3n) is 17.0. The third-order valence-corrected chi connectivity index (χ3v) is 17.0. The van der Waals surface area contributed by atoms with Gasteiger partial charge in [-0.05, 0) is 97.9 Å². The van der Waals surface area contributed by atoms with Gasteiger partial charge in [0.15, 0.2) is 5.58 Å². The zero-order valence-corrected chi connectivity index (χ0v) is 42.3. The number of nitrogens with zero attached hydrogens (tertiary/aromatic N) is 3. The minimum atomic E-state index is -0.230. The summed E-state index contributed by atoms with van der Waals surface area (Å²) < 4.78 is 9.75. The molecule has 3 aliphatic heterocycles. The molecule has 69 heavy (non-hydrogen) atoms. The Balaban J connectivity index is 1.15. The molecule has 2 aromatic heterocycles. The lowest BCUT2D eigenvalue weighted by Gasteiger charge is -2.42. The maximum Gasteiger partial charge on any atom is 0.252 e. The van der Waals surface area contributed by atoms with Crippen LogP contribution in [0.4, 0.5) is 28.4 Å². The molecule has 9 aromatic rings. The fourth-order valence-electron chi connectivity index (χ4n) is 13.4. The number of aromatic nitrogens is 1. The van der Waals surface area contributed by atoms with Crippen LogP contribution in [0.3, 0.4) is 0 Å². The van der Waals surface area contributed by atoms with Gasteiger partial charge >= 0.3 is 0 Å². The van der Waals surface area contributed by atoms with Gasteiger partial charge in [-0.2, -0.15) is 0 Å². The zero-order chi connectivity index (χ0) is 47.5. The second kappa shape index (κ2) is 14.5. The summed E-state index contributed by atoms with van der Waals surface area (Å²) in [6, 6.07) is 51.6. The Hall–Kier alpha value is -6.46. The summed E-state index contributed by atoms with van der Waals surface area (Å²) in [6.45, 7) is 24.8. The van der Waals surface area contributed by atoms with Crippen molar-refractivity contribution in [2.24, 2.45) is 0 Å². The predicted octanol–water partition coefficient (Wildman–Crippen LogP) is 15.4. The molecule has 1 unspecified atom stereocenters. The topological polar surface area (TPSA) is 24.6 Å². The average Bonchev–Trinajstić information content (AvgIpc) is 4.05. The molecule has 0 amide bonds. The standard InChI is InChI=1S/C64H64BN3O/c1-11-12-13-18-33-64(10)38-66(50-32-30-39(34-47(50)64)61(2,3)4)41-36-53-57-54(37-41)68-58-45(56-44-22-14-16-25-46(44)63(8,9)60(56)68)24-19-26-49(58)65(57)48-31-29-40(62(5,6)7)35-52(48)67(53)51-27-20-23-43-42-21-15-17-28-55(42)69-59(43)51/h14-17,19-32,34-37H,11-13,18,33,38H2,1-10H3. The van der Waals surface area contributed by atoms with Crippen molar-refractivity contribution in [3.8, 4) is 16.8 Å². The van der Waals surface area contributed by atoms with Crippen molar-refractivity contribution in [3.63, 3.8) is 0 Å². The number of rotatable bonds is 7. The lowest BCUT2D eigenvalue weighted by atomic mass is 9.33. The highest BCUT2D eigenvalue weighted by Crippen LogP contribution is 2.56. The molecule has 0 saturated heterocycles. The predicted molar refractivity (Wildman–Crippen MR) is 294 cm³/mol. The fourth-order valence-corrected chi connectivity index (χ4v) is 13.4. The molecule has 0 radical (unpaired) electrons. The van der Waals surface area contributed by atoms with Crippen molar-refractivity contribution >= 4 is 84.4 Å². The van der Waals surface area contributed by atoms with Crippen LogP contribution in [0.2, 0.25) is 0 Å². The normalized spacial score (nSPS) is 17.4. The molecule has 0 bridgehead atoms. The number of benzene rings is 7. The van der Waals surface area contributed by atoms with E-state index in [2.05, 4.69) is 217 Å². The van der Waals surface area contributed by atoms with Gasteiger partial charge < -0.3 is 18.8 Å². The molecule has 0 spiro atoms. The number of fused-ring (bicyclic) bond motifs is 13. The molecule has 0 N–H and O–H groups in total. The van der Waals surface area contributed by atoms with E-state index in [0.717, 1.165) is 34.2 Å². The van der Waals surface area contributed by atoms with E-state index in [1.165, 1.54) is 127 Å². The zero-order valence-electron chi connectivity index (χ0n) is 42.3. The highest BCUT2D eigenvalue weighted by molar-refractivity contribution is 7.00. The maximum absolute atomic E-state index is 7.02. The third kappa shape index (κ3) is 5.95. The summed E-state index contributed by atoms with van der Waals surface area (Å²) in [4.78, 5) is 5.31. The molecule has 4 nitrogen and oxygen atoms in total. The highest BCUT2D eigenvalue weighted by Gasteiger charge is 2.49. The van der Waals surface area contributed by atoms with Crippen LogP contribution < -0.4 is 26.2 Å². The Morgan fingerprint density at radius 3 is 2.12 bits per heavy atom. The summed E-state index contributed by atoms with van der Waals surface area (Å²) in [5, 5.41) is 3.63. The largest absolute Gasteiger partial charge is 0.454 e. The molecular weight excluding hydrogens is 838 g/mol. The lowest BCUT2D eigenvalue weighted by molar-refractivity contribution is 0.435. The van der Waals surface area contributed by atoms with Gasteiger partial charge in [-0.15, -0.1) is 0 Å². The summed E-state index contributed by atoms with van der Waals surface area (Å²) in [5.74, 6) is 0. The van der Waals surface area contributed by atoms with Crippen LogP contribution >= 0.6 is 0 Å². The van der Waals surface area contributed by atoms with Crippen LogP contribution in [0.5, 0.6) is 0 Å². The molecule has 4 aliphatic rings. The van der Waals surface area contributed by atoms with Gasteiger partial charge in [-0.25, -0.2) is 0 Å². The second-order valence-electron chi connectivity index (χ2n) is 23.9. The van der Waals surface area contributed by atoms with Crippen molar-refractivity contribution in [1.82, 2.24) is 4.57 Å². The molecule has 0 fully saturated rings. The van der Waals surface area contributed by atoms with E-state index in [-0.39, 0.29) is 28.4 Å². The van der Waals surface area contributed by atoms with Gasteiger partial charge in [-0.1, -0.05) is 192 Å². The van der Waals surface area contributed by atoms with Crippen LogP contribution in [-0.2, 0) is 21.7 Å². The Labute approximate surface area is 409 Å². The number of hydrogen-bond acceptors (Lipinski definition) is 3. The summed E-state index contributed by atoms with van der Waals surface area (Å²) in [5.41, 5.74) is 24.1. The van der Waals surface area contributed by atoms with Crippen molar-refractivity contribution in [1.29, 1.82) is 0 Å². The smallest absolute Gasteiger partial charge is 0.252 e. The number of unbranched alkanes of at least 4 members (excludes halogenated alkanes) is 3. The van der Waals surface area contributed by atoms with Gasteiger partial charge in [-0.3, -0.25) is 0 Å². The molecule has 5 heterocycles. The first kappa shape index (κ1) is 42.6. The average molecular weight is 902 g/mol. The van der Waals surface area contributed by atoms with Crippen molar-refractivity contribution in [2.45, 2.75) is 123 Å². The van der Waals surface area contributed by atoms with Gasteiger partial charge in [0.1, 0.15) is 5.58 Å². The summed E-state index contributed by atoms with van der Waals surface area (Å²) >= 11 is 0. The van der Waals surface area contributed by atoms with E-state index in [1.54, 1.807) is 0 Å². The van der Waals surface area contributed by atoms with Gasteiger partial charge in [0.25, 0.3) is 6.71 Å². The van der Waals surface area contributed by atoms with Gasteiger partial charge in [0.2, 0.25) is 0 Å². The molecule has 0 saturated carbocycles. The van der Waals surface area contributed by atoms with E-state index >= 15 is 0 Å². The second-order valence-corrected chi connectivity index (χ2v) is 23.9. The molecule has 344 valence electrons. The Kier molecular flexibility index (Phi) is 8.99.